The van der Waals surface area contributed by atoms with Crippen molar-refractivity contribution >= 4 is 16.9 Å². The van der Waals surface area contributed by atoms with Crippen LogP contribution in [0.3, 0.4) is 0 Å². The molecule has 0 unspecified atom stereocenters. The van der Waals surface area contributed by atoms with E-state index in [9.17, 15) is 13.6 Å². The summed E-state index contributed by atoms with van der Waals surface area (Å²) in [5.74, 6) is -0.424. The molecule has 1 fully saturated rings. The van der Waals surface area contributed by atoms with E-state index in [0.29, 0.717) is 29.7 Å². The van der Waals surface area contributed by atoms with Gasteiger partial charge >= 0.3 is 0 Å². The Kier molecular flexibility index (Phi) is 6.38. The molecular formula is C23H26F2N4O. The lowest BCUT2D eigenvalue weighted by Gasteiger charge is -2.22. The van der Waals surface area contributed by atoms with Crippen molar-refractivity contribution in [3.05, 3.63) is 65.5 Å². The smallest absolute Gasteiger partial charge is 0.295 e. The second-order valence-corrected chi connectivity index (χ2v) is 7.73. The number of benzene rings is 2. The largest absolute Gasteiger partial charge is 0.337 e. The highest BCUT2D eigenvalue weighted by atomic mass is 19.3. The highest BCUT2D eigenvalue weighted by molar-refractivity contribution is 5.97. The Morgan fingerprint density at radius 3 is 2.70 bits per heavy atom. The lowest BCUT2D eigenvalue weighted by molar-refractivity contribution is 0.0761. The van der Waals surface area contributed by atoms with E-state index < -0.39 is 6.43 Å². The summed E-state index contributed by atoms with van der Waals surface area (Å²) in [5.41, 5.74) is 2.77. The van der Waals surface area contributed by atoms with Crippen molar-refractivity contribution in [3.63, 3.8) is 0 Å². The Labute approximate surface area is 174 Å². The van der Waals surface area contributed by atoms with Gasteiger partial charge in [0, 0.05) is 25.2 Å². The van der Waals surface area contributed by atoms with E-state index >= 15 is 0 Å². The average molecular weight is 412 g/mol. The minimum Gasteiger partial charge on any atom is -0.337 e. The van der Waals surface area contributed by atoms with Crippen LogP contribution in [0.4, 0.5) is 8.78 Å². The van der Waals surface area contributed by atoms with Crippen LogP contribution in [0.25, 0.3) is 11.0 Å². The molecule has 158 valence electrons. The molecule has 1 aliphatic rings. The first-order valence-electron chi connectivity index (χ1n) is 10.4. The monoisotopic (exact) mass is 412 g/mol. The normalized spacial score (nSPS) is 15.6. The Morgan fingerprint density at radius 2 is 1.90 bits per heavy atom. The van der Waals surface area contributed by atoms with E-state index in [2.05, 4.69) is 39.1 Å². The molecule has 1 amide bonds. The number of H-pyrrole nitrogens is 1. The minimum absolute atomic E-state index is 0.0590. The van der Waals surface area contributed by atoms with Gasteiger partial charge in [0.05, 0.1) is 11.0 Å². The van der Waals surface area contributed by atoms with E-state index in [-0.39, 0.29) is 11.7 Å². The van der Waals surface area contributed by atoms with Gasteiger partial charge in [-0.3, -0.25) is 4.79 Å². The Bertz CT molecular complexity index is 989. The topological polar surface area (TPSA) is 52.2 Å². The first-order chi connectivity index (χ1) is 14.6. The van der Waals surface area contributed by atoms with E-state index in [1.807, 2.05) is 11.0 Å². The summed E-state index contributed by atoms with van der Waals surface area (Å²) in [6, 6.07) is 15.4. The molecule has 0 spiro atoms. The summed E-state index contributed by atoms with van der Waals surface area (Å²) in [5, 5.41) is 0. The molecule has 2 heterocycles. The molecule has 2 aromatic carbocycles. The number of carbonyl (C=O) groups is 1. The molecule has 4 rings (SSSR count). The molecule has 0 aliphatic carbocycles. The molecule has 1 N–H and O–H groups in total. The lowest BCUT2D eigenvalue weighted by Crippen LogP contribution is -2.35. The predicted molar refractivity (Wildman–Crippen MR) is 113 cm³/mol. The van der Waals surface area contributed by atoms with Crippen molar-refractivity contribution in [1.82, 2.24) is 19.8 Å². The number of nitrogens with zero attached hydrogens (tertiary/aromatic N) is 3. The molecule has 1 saturated heterocycles. The van der Waals surface area contributed by atoms with Gasteiger partial charge in [-0.25, -0.2) is 13.8 Å². The number of hydrogen-bond acceptors (Lipinski definition) is 3. The number of imidazole rings is 1. The maximum atomic E-state index is 13.0. The second kappa shape index (κ2) is 9.34. The molecule has 5 nitrogen and oxygen atoms in total. The number of fused-ring (bicyclic) bond motifs is 1. The van der Waals surface area contributed by atoms with Crippen LogP contribution in [0.1, 0.15) is 41.0 Å². The van der Waals surface area contributed by atoms with Gasteiger partial charge in [0.1, 0.15) is 0 Å². The molecule has 1 aliphatic heterocycles. The first kappa shape index (κ1) is 20.5. The lowest BCUT2D eigenvalue weighted by atomic mass is 10.1. The number of aromatic amines is 1. The summed E-state index contributed by atoms with van der Waals surface area (Å²) >= 11 is 0. The Morgan fingerprint density at radius 1 is 1.07 bits per heavy atom. The molecule has 0 saturated carbocycles. The molecule has 0 radical (unpaired) electrons. The molecule has 3 aromatic rings. The van der Waals surface area contributed by atoms with E-state index in [4.69, 9.17) is 0 Å². The second-order valence-electron chi connectivity index (χ2n) is 7.73. The van der Waals surface area contributed by atoms with Crippen LogP contribution in [0.5, 0.6) is 0 Å². The third-order valence-electron chi connectivity index (χ3n) is 5.61. The molecule has 0 atom stereocenters. The Balaban J connectivity index is 1.33. The van der Waals surface area contributed by atoms with Crippen molar-refractivity contribution in [3.8, 4) is 0 Å². The number of alkyl halides is 2. The summed E-state index contributed by atoms with van der Waals surface area (Å²) in [7, 11) is 0. The van der Waals surface area contributed by atoms with Crippen molar-refractivity contribution in [2.75, 3.05) is 32.7 Å². The van der Waals surface area contributed by atoms with Gasteiger partial charge in [0.25, 0.3) is 12.3 Å². The summed E-state index contributed by atoms with van der Waals surface area (Å²) < 4.78 is 25.7. The first-order valence-corrected chi connectivity index (χ1v) is 10.4. The van der Waals surface area contributed by atoms with Gasteiger partial charge in [-0.05, 0) is 56.1 Å². The standard InChI is InChI=1S/C23H26F2N4O/c24-21(25)22-26-19-10-9-18(16-20(19)27-22)23(30)29-13-5-12-28(14-15-29)11-4-8-17-6-2-1-3-7-17/h1-3,6-7,9-10,16,21H,4-5,8,11-15H2,(H,26,27). The van der Waals surface area contributed by atoms with Crippen molar-refractivity contribution < 1.29 is 13.6 Å². The highest BCUT2D eigenvalue weighted by Gasteiger charge is 2.21. The maximum absolute atomic E-state index is 13.0. The number of hydrogen-bond donors (Lipinski definition) is 1. The Hall–Kier alpha value is -2.80. The van der Waals surface area contributed by atoms with Crippen LogP contribution in [0.15, 0.2) is 48.5 Å². The fourth-order valence-corrected chi connectivity index (χ4v) is 4.00. The van der Waals surface area contributed by atoms with Gasteiger partial charge in [-0.2, -0.15) is 0 Å². The van der Waals surface area contributed by atoms with E-state index in [0.717, 1.165) is 38.9 Å². The van der Waals surface area contributed by atoms with Crippen molar-refractivity contribution in [2.24, 2.45) is 0 Å². The summed E-state index contributed by atoms with van der Waals surface area (Å²) in [4.78, 5) is 23.7. The number of aryl methyl sites for hydroxylation is 1. The summed E-state index contributed by atoms with van der Waals surface area (Å²) in [6.45, 7) is 4.23. The number of aromatic nitrogens is 2. The van der Waals surface area contributed by atoms with Gasteiger partial charge in [0.15, 0.2) is 5.82 Å². The highest BCUT2D eigenvalue weighted by Crippen LogP contribution is 2.21. The molecule has 7 heteroatoms. The maximum Gasteiger partial charge on any atom is 0.295 e. The predicted octanol–water partition coefficient (Wildman–Crippen LogP) is 4.28. The third-order valence-corrected chi connectivity index (χ3v) is 5.61. The molecule has 0 bridgehead atoms. The average Bonchev–Trinajstić information content (AvgIpc) is 3.06. The van der Waals surface area contributed by atoms with Gasteiger partial charge in [-0.1, -0.05) is 30.3 Å². The zero-order valence-corrected chi connectivity index (χ0v) is 16.9. The SMILES string of the molecule is O=C(c1ccc2nc(C(F)F)[nH]c2c1)N1CCCN(CCCc2ccccc2)CC1. The van der Waals surface area contributed by atoms with Gasteiger partial charge in [0.2, 0.25) is 0 Å². The minimum atomic E-state index is -2.66. The fraction of sp³-hybridized carbons (Fsp3) is 0.391. The van der Waals surface area contributed by atoms with Crippen LogP contribution >= 0.6 is 0 Å². The number of amides is 1. The zero-order chi connectivity index (χ0) is 20.9. The summed E-state index contributed by atoms with van der Waals surface area (Å²) in [6.07, 6.45) is 0.431. The number of carbonyl (C=O) groups excluding carboxylic acids is 1. The van der Waals surface area contributed by atoms with Crippen LogP contribution in [-0.2, 0) is 6.42 Å². The van der Waals surface area contributed by atoms with Gasteiger partial charge < -0.3 is 14.8 Å². The number of rotatable bonds is 6. The van der Waals surface area contributed by atoms with Crippen LogP contribution in [-0.4, -0.2) is 58.4 Å². The van der Waals surface area contributed by atoms with Crippen molar-refractivity contribution in [1.29, 1.82) is 0 Å². The van der Waals surface area contributed by atoms with E-state index in [1.54, 1.807) is 18.2 Å². The van der Waals surface area contributed by atoms with Crippen LogP contribution in [0.2, 0.25) is 0 Å². The van der Waals surface area contributed by atoms with Crippen LogP contribution < -0.4 is 0 Å². The number of halogens is 2. The van der Waals surface area contributed by atoms with Crippen LogP contribution in [0, 0.1) is 0 Å². The zero-order valence-electron chi connectivity index (χ0n) is 16.9. The number of nitrogens with one attached hydrogen (secondary N) is 1. The van der Waals surface area contributed by atoms with Gasteiger partial charge in [-0.15, -0.1) is 0 Å². The molecular weight excluding hydrogens is 386 g/mol. The molecule has 1 aromatic heterocycles. The van der Waals surface area contributed by atoms with E-state index in [1.165, 1.54) is 5.56 Å². The van der Waals surface area contributed by atoms with Crippen molar-refractivity contribution in [2.45, 2.75) is 25.7 Å². The quantitative estimate of drug-likeness (QED) is 0.658. The molecule has 30 heavy (non-hydrogen) atoms. The third kappa shape index (κ3) is 4.84. The fourth-order valence-electron chi connectivity index (χ4n) is 4.00.